The Morgan fingerprint density at radius 3 is 0.887 bits per heavy atom. The van der Waals surface area contributed by atoms with Crippen LogP contribution in [0.2, 0.25) is 0 Å². The number of H-pyrrole nitrogens is 5. The molecule has 0 aliphatic carbocycles. The lowest BCUT2D eigenvalue weighted by atomic mass is 10.1. The highest BCUT2D eigenvalue weighted by atomic mass is 127. The maximum absolute atomic E-state index is 15.0. The van der Waals surface area contributed by atoms with Gasteiger partial charge in [-0.15, -0.1) is 0 Å². The van der Waals surface area contributed by atoms with Gasteiger partial charge >= 0.3 is 54.0 Å². The first kappa shape index (κ1) is 105. The summed E-state index contributed by atoms with van der Waals surface area (Å²) in [6.07, 6.45) is -26.3. The van der Waals surface area contributed by atoms with Crippen molar-refractivity contribution in [3.63, 3.8) is 0 Å². The molecule has 0 amide bonds. The summed E-state index contributed by atoms with van der Waals surface area (Å²) in [5.41, 5.74) is 32.7. The number of phosphoric acid groups is 4. The molecule has 8 fully saturated rings. The Hall–Kier alpha value is -12.0. The number of hydrogen-bond acceptors (Lipinski definition) is 52. The van der Waals surface area contributed by atoms with E-state index in [0.717, 1.165) is 24.5 Å². The van der Waals surface area contributed by atoms with Gasteiger partial charge in [0.15, 0.2) is 44.7 Å². The Labute approximate surface area is 845 Å². The molecule has 0 saturated carbocycles. The first-order chi connectivity index (χ1) is 71.4. The van der Waals surface area contributed by atoms with Crippen LogP contribution in [0.5, 0.6) is 0 Å². The van der Waals surface area contributed by atoms with Gasteiger partial charge in [0.05, 0.1) is 106 Å². The van der Waals surface area contributed by atoms with Crippen molar-refractivity contribution in [2.75, 3.05) is 93.0 Å². The lowest BCUT2D eigenvalue weighted by molar-refractivity contribution is -0.108. The molecule has 8 saturated heterocycles. The van der Waals surface area contributed by atoms with Crippen LogP contribution in [0, 0.1) is 3.57 Å². The molecule has 8 aliphatic heterocycles. The zero-order valence-corrected chi connectivity index (χ0v) is 82.7. The van der Waals surface area contributed by atoms with Gasteiger partial charge in [-0.3, -0.25) is 122 Å². The normalized spacial score (nSPS) is 29.7. The summed E-state index contributed by atoms with van der Waals surface area (Å²) >= 11 is 1.65. The van der Waals surface area contributed by atoms with E-state index in [4.69, 9.17) is 128 Å². The van der Waals surface area contributed by atoms with Crippen LogP contribution >= 0.6 is 53.9 Å². The van der Waals surface area contributed by atoms with Crippen LogP contribution in [-0.4, -0.2) is 297 Å². The predicted octanol–water partition coefficient (Wildman–Crippen LogP) is -4.66. The van der Waals surface area contributed by atoms with Crippen molar-refractivity contribution in [3.05, 3.63) is 166 Å². The van der Waals surface area contributed by atoms with E-state index in [9.17, 15) is 91.2 Å². The number of imidazole rings is 4. The van der Waals surface area contributed by atoms with Gasteiger partial charge in [-0.1, -0.05) is 0 Å². The van der Waals surface area contributed by atoms with Crippen LogP contribution in [0.15, 0.2) is 111 Å². The highest BCUT2D eigenvalue weighted by Gasteiger charge is 2.53. The highest BCUT2D eigenvalue weighted by molar-refractivity contribution is 14.1. The summed E-state index contributed by atoms with van der Waals surface area (Å²) in [4.78, 5) is 222. The molecule has 0 spiro atoms. The average molecular weight is 2300 g/mol. The third-order valence-electron chi connectivity index (χ3n) is 25.5. The molecule has 0 bridgehead atoms. The molecule has 12 aromatic rings. The van der Waals surface area contributed by atoms with E-state index < -0.39 is 301 Å². The summed E-state index contributed by atoms with van der Waals surface area (Å²) < 4.78 is 183. The minimum Gasteiger partial charge on any atom is -0.394 e. The molecule has 69 nitrogen and oxygen atoms in total. The number of fused-ring (bicyclic) bond motifs is 4. The van der Waals surface area contributed by atoms with Gasteiger partial charge in [0.2, 0.25) is 23.8 Å². The summed E-state index contributed by atoms with van der Waals surface area (Å²) in [6, 6.07) is 3.82. The third kappa shape index (κ3) is 22.5. The number of halogens is 1. The molecule has 20 heterocycles. The van der Waals surface area contributed by atoms with Crippen LogP contribution in [-0.2, 0) is 107 Å². The number of nitrogens with two attached hydrogens (primary N) is 7. The van der Waals surface area contributed by atoms with Crippen molar-refractivity contribution in [1.29, 1.82) is 0 Å². The Morgan fingerprint density at radius 2 is 0.587 bits per heavy atom. The zero-order valence-electron chi connectivity index (χ0n) is 77.0. The van der Waals surface area contributed by atoms with Crippen molar-refractivity contribution in [2.24, 2.45) is 0 Å². The zero-order chi connectivity index (χ0) is 106. The minimum atomic E-state index is -5.59. The van der Waals surface area contributed by atoms with E-state index >= 15 is 0 Å². The lowest BCUT2D eigenvalue weighted by Gasteiger charge is -2.26. The molecule has 8 aliphatic rings. The van der Waals surface area contributed by atoms with E-state index in [1.807, 2.05) is 0 Å². The summed E-state index contributed by atoms with van der Waals surface area (Å²) in [6.45, 7) is -6.30. The van der Waals surface area contributed by atoms with E-state index in [0.29, 0.717) is 0 Å². The molecule has 28 unspecified atom stereocenters. The number of aliphatic hydroxyl groups excluding tert-OH is 2. The average Bonchev–Trinajstić information content (AvgIpc) is 1.62. The number of anilines is 7. The third-order valence-corrected chi connectivity index (χ3v) is 30.3. The van der Waals surface area contributed by atoms with Gasteiger partial charge in [-0.05, 0) is 40.8 Å². The Balaban J connectivity index is 0.540. The second-order valence-electron chi connectivity index (χ2n) is 35.3. The van der Waals surface area contributed by atoms with Gasteiger partial charge in [-0.25, -0.2) is 57.4 Å². The molecule has 0 radical (unpaired) electrons. The Bertz CT molecular complexity index is 7940. The fourth-order valence-corrected chi connectivity index (χ4v) is 22.8. The SMILES string of the molecule is Nc1ccn(C2CC(OP(=O)(O)OCC3OC(n4cnc5c(=O)[nH]c(N)nc54)CC3OCC3OC(n4ccc(N)nc4=O)CC3OP(=O)(O)OCC3OC(n4cnc5c(=O)[nH]c(N)nc54)CC3OCC3OC(n4cc(I)c(=O)[nH]c4=O)CC3OP(=O)(O)OCC3OC(n4cnc5c(=O)[nH]c(N)nc54)CC3OCC3OC(n4ccc(N)nc4=O)CC3OP(=O)(O)OCC3OC(n4cnc5c(=O)[nH]c(N)nc54)CC3O)C(CO)O2)c(=O)n1. The van der Waals surface area contributed by atoms with Gasteiger partial charge in [0, 0.05) is 76.2 Å². The summed E-state index contributed by atoms with van der Waals surface area (Å²) in [7, 11) is -21.7. The molecule has 0 aromatic carbocycles. The Morgan fingerprint density at radius 1 is 0.333 bits per heavy atom. The van der Waals surface area contributed by atoms with E-state index in [2.05, 4.69) is 79.7 Å². The molecule has 12 aromatic heterocycles. The fraction of sp³-hybridized carbons (Fsp3) is 0.526. The molecule has 74 heteroatoms. The first-order valence-corrected chi connectivity index (χ1v) is 52.5. The molecule has 25 N–H and O–H groups in total. The van der Waals surface area contributed by atoms with E-state index in [-0.39, 0.29) is 122 Å². The smallest absolute Gasteiger partial charge is 0.394 e. The predicted molar refractivity (Wildman–Crippen MR) is 506 cm³/mol. The number of hydrogen-bond donors (Lipinski definition) is 18. The number of nitrogen functional groups attached to an aromatic ring is 7. The van der Waals surface area contributed by atoms with Crippen LogP contribution in [0.3, 0.4) is 0 Å². The van der Waals surface area contributed by atoms with E-state index in [1.165, 1.54) is 80.4 Å². The second kappa shape index (κ2) is 42.2. The second-order valence-corrected chi connectivity index (χ2v) is 42.1. The van der Waals surface area contributed by atoms with Crippen molar-refractivity contribution >= 4 is 140 Å². The molecule has 806 valence electrons. The first-order valence-electron chi connectivity index (χ1n) is 45.4. The largest absolute Gasteiger partial charge is 0.472 e. The van der Waals surface area contributed by atoms with Crippen LogP contribution in [0.1, 0.15) is 101 Å². The molecular formula is C76H92IN31O38P4. The van der Waals surface area contributed by atoms with Gasteiger partial charge in [-0.2, -0.15) is 34.9 Å². The molecule has 20 rings (SSSR count). The number of nitrogens with zero attached hydrogens (tertiary/aromatic N) is 19. The number of phosphoric ester groups is 4. The number of ether oxygens (including phenoxy) is 11. The van der Waals surface area contributed by atoms with Gasteiger partial charge in [0.1, 0.15) is 141 Å². The molecular weight excluding hydrogens is 2210 g/mol. The lowest BCUT2D eigenvalue weighted by Crippen LogP contribution is -2.36. The quantitative estimate of drug-likeness (QED) is 0.0128. The number of rotatable bonds is 38. The number of aromatic amines is 5. The highest BCUT2D eigenvalue weighted by Crippen LogP contribution is 2.55. The molecule has 28 atom stereocenters. The van der Waals surface area contributed by atoms with Crippen molar-refractivity contribution in [2.45, 2.75) is 199 Å². The maximum Gasteiger partial charge on any atom is 0.472 e. The number of aliphatic hydroxyl groups is 2. The van der Waals surface area contributed by atoms with Gasteiger partial charge in [0.25, 0.3) is 27.8 Å². The van der Waals surface area contributed by atoms with Crippen molar-refractivity contribution in [1.82, 2.24) is 116 Å². The van der Waals surface area contributed by atoms with Crippen LogP contribution < -0.4 is 90.7 Å². The molecule has 150 heavy (non-hydrogen) atoms. The standard InChI is InChI=1S/C76H92IN31O38P4/c77-28-15-104(76(119)100-64(28)111)52-14-36(146-150(126,127)134-23-43-31(9-54(141-43)107-26-87-58-62(107)94-71(83)98-67(58)114)128-17-39-34(12-50(137-39)102-5-2-46(79)90-74(102)117)144-147(120,121)131-20-38-29(110)7-48(136-38)105-24-85-56-60(105)92-69(81)96-65(56)112)41(139-52)19-130-32-10-55(108-27-88-59-63(108)95-72(84)99-68(59)115)142-44(32)22-133-149(124,125)145-35-13-51(103-6-3-47(80)91-75(103)118)138-40(35)18-129-30-8-53(106-25-86-57-61(106)93-70(82)97-66(57)113)140-42(30)21-132-148(122,123)143-33-11-49(135-37(33)16-109)101-4-1-45(78)89-73(101)116/h1-6,15,24-27,29-44,48-55,109-110H,7-14,16-23H2,(H,120,121)(H,122,123)(H,124,125)(H,126,127)(H2,78,89,116)(H2,79,90,117)(H2,80,91,118)(H,100,111,119)(H3,81,92,96,112)(H3,82,93,97,113)(H3,83,94,98,114)(H3,84,95,99,115). The monoisotopic (exact) mass is 2300 g/mol. The fourth-order valence-electron chi connectivity index (χ4n) is 18.5. The van der Waals surface area contributed by atoms with Gasteiger partial charge < -0.3 is 122 Å². The maximum atomic E-state index is 15.0. The van der Waals surface area contributed by atoms with Crippen molar-refractivity contribution < 1.29 is 136 Å². The number of aromatic nitrogens is 24. The summed E-state index contributed by atoms with van der Waals surface area (Å²) in [5, 5.41) is 21.4. The van der Waals surface area contributed by atoms with Crippen LogP contribution in [0.25, 0.3) is 44.7 Å². The minimum absolute atomic E-state index is 0.00487. The van der Waals surface area contributed by atoms with Crippen molar-refractivity contribution in [3.8, 4) is 0 Å². The summed E-state index contributed by atoms with van der Waals surface area (Å²) in [5.74, 6) is -1.75. The van der Waals surface area contributed by atoms with Crippen LogP contribution in [0.4, 0.5) is 41.2 Å². The topological polar surface area (TPSA) is 961 Å². The Kier molecular flexibility index (Phi) is 29.6. The number of nitrogens with one attached hydrogen (secondary N) is 5. The van der Waals surface area contributed by atoms with E-state index in [1.54, 1.807) is 22.6 Å².